The summed E-state index contributed by atoms with van der Waals surface area (Å²) in [6, 6.07) is 32.2. The summed E-state index contributed by atoms with van der Waals surface area (Å²) in [4.78, 5) is 0. The van der Waals surface area contributed by atoms with E-state index < -0.39 is 30.8 Å². The molecule has 0 nitrogen and oxygen atoms in total. The molecule has 201 valence electrons. The van der Waals surface area contributed by atoms with Crippen LogP contribution in [0.25, 0.3) is 16.7 Å². The standard InChI is InChI=1S/C23H25Si.C13H10.2ClH.Zr/c1-15-10-11-19-18(12-15)13-21-20(19)14-22(24(3,4)5)16(2)23(21)17-8-6-7-9-17;1-3-7-12(8-4-1)11-13-9-5-2-6-10-13;;;/h6-8,10-14H,9H2,1-5H3;1-10H;2*1H;/q;;;;+2/p-2. The Kier molecular flexibility index (Phi) is 9.58. The summed E-state index contributed by atoms with van der Waals surface area (Å²) in [6.07, 6.45) is 8.01. The SMILES string of the molecule is Cc1ccc2c(c1)[CH]([Zr+2]=[C](c1ccccc1)c1ccccc1)c1c-2cc([Si](C)(C)C)c(C)c1C1=CC=CC1.[Cl-].[Cl-]. The third-order valence-corrected chi connectivity index (χ3v) is 14.5. The smallest absolute Gasteiger partial charge is 1.00 e. The molecule has 0 spiro atoms. The summed E-state index contributed by atoms with van der Waals surface area (Å²) in [5.74, 6) is 0. The summed E-state index contributed by atoms with van der Waals surface area (Å²) in [6.45, 7) is 12.2. The molecule has 0 saturated heterocycles. The van der Waals surface area contributed by atoms with Gasteiger partial charge in [0.2, 0.25) is 0 Å². The Labute approximate surface area is 264 Å². The third-order valence-electron chi connectivity index (χ3n) is 8.04. The molecule has 2 aliphatic rings. The molecule has 4 aromatic rings. The number of benzene rings is 4. The summed E-state index contributed by atoms with van der Waals surface area (Å²) in [5.41, 5.74) is 14.9. The zero-order valence-electron chi connectivity index (χ0n) is 23.9. The maximum atomic E-state index is 2.61. The minimum absolute atomic E-state index is 0. The molecule has 0 aromatic heterocycles. The molecule has 0 fully saturated rings. The second-order valence-corrected chi connectivity index (χ2v) is 20.1. The van der Waals surface area contributed by atoms with Crippen molar-refractivity contribution in [3.8, 4) is 11.1 Å². The molecule has 1 atom stereocenters. The Morgan fingerprint density at radius 3 is 1.95 bits per heavy atom. The van der Waals surface area contributed by atoms with E-state index in [2.05, 4.69) is 137 Å². The van der Waals surface area contributed by atoms with Crippen molar-refractivity contribution < 1.29 is 47.6 Å². The van der Waals surface area contributed by atoms with Crippen LogP contribution in [0.1, 0.15) is 49.0 Å². The average Bonchev–Trinajstić information content (AvgIpc) is 3.54. The molecule has 0 aliphatic heterocycles. The molecule has 4 aromatic carbocycles. The van der Waals surface area contributed by atoms with Crippen molar-refractivity contribution in [2.45, 2.75) is 43.5 Å². The number of allylic oxidation sites excluding steroid dienone is 4. The van der Waals surface area contributed by atoms with Crippen LogP contribution in [0.15, 0.2) is 103 Å². The van der Waals surface area contributed by atoms with Gasteiger partial charge in [0.1, 0.15) is 0 Å². The topological polar surface area (TPSA) is 0 Å². The van der Waals surface area contributed by atoms with Gasteiger partial charge in [0.15, 0.2) is 0 Å². The molecule has 4 heteroatoms. The first-order valence-corrected chi connectivity index (χ1v) is 19.9. The summed E-state index contributed by atoms with van der Waals surface area (Å²) < 4.78 is 2.08. The van der Waals surface area contributed by atoms with Crippen LogP contribution >= 0.6 is 0 Å². The Hall–Kier alpha value is -2.09. The minimum Gasteiger partial charge on any atom is -1.00 e. The Balaban J connectivity index is 0.00000185. The van der Waals surface area contributed by atoms with E-state index in [4.69, 9.17) is 0 Å². The molecule has 2 aliphatic carbocycles. The fourth-order valence-electron chi connectivity index (χ4n) is 6.31. The van der Waals surface area contributed by atoms with Gasteiger partial charge in [-0.05, 0) is 0 Å². The van der Waals surface area contributed by atoms with E-state index in [0.717, 1.165) is 6.42 Å². The van der Waals surface area contributed by atoms with Gasteiger partial charge in [-0.2, -0.15) is 0 Å². The summed E-state index contributed by atoms with van der Waals surface area (Å²) in [5, 5.41) is 1.62. The van der Waals surface area contributed by atoms with Crippen molar-refractivity contribution in [2.24, 2.45) is 0 Å². The largest absolute Gasteiger partial charge is 1.00 e. The maximum absolute atomic E-state index is 2.61. The van der Waals surface area contributed by atoms with E-state index in [-0.39, 0.29) is 24.8 Å². The Bertz CT molecular complexity index is 1590. The van der Waals surface area contributed by atoms with Gasteiger partial charge in [-0.3, -0.25) is 0 Å². The fraction of sp³-hybridized carbons (Fsp3) is 0.194. The van der Waals surface area contributed by atoms with E-state index in [9.17, 15) is 0 Å². The van der Waals surface area contributed by atoms with Crippen LogP contribution in [0.2, 0.25) is 19.6 Å². The molecule has 0 N–H and O–H groups in total. The Morgan fingerprint density at radius 2 is 1.40 bits per heavy atom. The van der Waals surface area contributed by atoms with Crippen LogP contribution < -0.4 is 30.0 Å². The van der Waals surface area contributed by atoms with Gasteiger partial charge in [0.25, 0.3) is 0 Å². The first-order chi connectivity index (χ1) is 18.3. The molecule has 40 heavy (non-hydrogen) atoms. The number of hydrogen-bond acceptors (Lipinski definition) is 0. The molecule has 6 rings (SSSR count). The summed E-state index contributed by atoms with van der Waals surface area (Å²) >= 11 is -1.15. The molecule has 0 saturated carbocycles. The van der Waals surface area contributed by atoms with E-state index in [1.54, 1.807) is 25.1 Å². The minimum atomic E-state index is -1.53. The predicted octanol–water partition coefficient (Wildman–Crippen LogP) is 2.62. The van der Waals surface area contributed by atoms with Gasteiger partial charge in [-0.1, -0.05) is 0 Å². The second kappa shape index (κ2) is 12.4. The molecule has 0 radical (unpaired) electrons. The van der Waals surface area contributed by atoms with Crippen LogP contribution in [0.4, 0.5) is 0 Å². The molecular weight excluding hydrogens is 623 g/mol. The predicted molar refractivity (Wildman–Crippen MR) is 164 cm³/mol. The van der Waals surface area contributed by atoms with Crippen LogP contribution in [-0.2, 0) is 22.8 Å². The van der Waals surface area contributed by atoms with E-state index in [0.29, 0.717) is 3.63 Å². The van der Waals surface area contributed by atoms with E-state index in [1.165, 1.54) is 39.0 Å². The maximum Gasteiger partial charge on any atom is -1.00 e. The fourth-order valence-corrected chi connectivity index (χ4v) is 12.5. The first-order valence-electron chi connectivity index (χ1n) is 13.7. The molecule has 0 amide bonds. The van der Waals surface area contributed by atoms with Crippen LogP contribution in [0.3, 0.4) is 0 Å². The van der Waals surface area contributed by atoms with Crippen LogP contribution in [-0.4, -0.2) is 11.3 Å². The van der Waals surface area contributed by atoms with Crippen LogP contribution in [0.5, 0.6) is 0 Å². The Morgan fingerprint density at radius 1 is 0.775 bits per heavy atom. The zero-order chi connectivity index (χ0) is 26.4. The molecular formula is C36H35Cl2SiZr. The normalized spacial score (nSPS) is 14.8. The zero-order valence-corrected chi connectivity index (χ0v) is 28.8. The van der Waals surface area contributed by atoms with Gasteiger partial charge in [-0.25, -0.2) is 0 Å². The van der Waals surface area contributed by atoms with Gasteiger partial charge < -0.3 is 24.8 Å². The number of halogens is 2. The average molecular weight is 658 g/mol. The quantitative estimate of drug-likeness (QED) is 0.290. The molecule has 0 heterocycles. The van der Waals surface area contributed by atoms with Crippen LogP contribution in [0, 0.1) is 13.8 Å². The number of aryl methyl sites for hydroxylation is 1. The van der Waals surface area contributed by atoms with Gasteiger partial charge in [0, 0.05) is 0 Å². The van der Waals surface area contributed by atoms with Crippen molar-refractivity contribution in [2.75, 3.05) is 0 Å². The van der Waals surface area contributed by atoms with Gasteiger partial charge in [0.05, 0.1) is 0 Å². The van der Waals surface area contributed by atoms with Gasteiger partial charge in [-0.15, -0.1) is 0 Å². The first kappa shape index (κ1) is 30.9. The molecule has 1 unspecified atom stereocenters. The van der Waals surface area contributed by atoms with Crippen molar-refractivity contribution in [3.63, 3.8) is 0 Å². The molecule has 0 bridgehead atoms. The van der Waals surface area contributed by atoms with Crippen molar-refractivity contribution in [1.29, 1.82) is 0 Å². The number of fused-ring (bicyclic) bond motifs is 3. The third kappa shape index (κ3) is 5.66. The summed E-state index contributed by atoms with van der Waals surface area (Å²) in [7, 11) is -1.53. The van der Waals surface area contributed by atoms with Crippen molar-refractivity contribution in [3.05, 3.63) is 142 Å². The number of rotatable bonds is 5. The monoisotopic (exact) mass is 655 g/mol. The van der Waals surface area contributed by atoms with Crippen molar-refractivity contribution >= 4 is 22.0 Å². The van der Waals surface area contributed by atoms with Gasteiger partial charge >= 0.3 is 242 Å². The van der Waals surface area contributed by atoms with E-state index in [1.807, 2.05) is 0 Å². The number of hydrogen-bond donors (Lipinski definition) is 0. The second-order valence-electron chi connectivity index (χ2n) is 11.7. The van der Waals surface area contributed by atoms with E-state index >= 15 is 0 Å². The van der Waals surface area contributed by atoms with Crippen molar-refractivity contribution in [1.82, 2.24) is 0 Å².